The zero-order chi connectivity index (χ0) is 19.0. The Morgan fingerprint density at radius 2 is 1.69 bits per heavy atom. The minimum atomic E-state index is -4.47. The van der Waals surface area contributed by atoms with Crippen molar-refractivity contribution in [3.63, 3.8) is 0 Å². The molecule has 0 aliphatic carbocycles. The number of benzene rings is 2. The average molecular weight is 368 g/mol. The number of hydrogen-bond donors (Lipinski definition) is 2. The second-order valence-electron chi connectivity index (χ2n) is 5.60. The Labute approximate surface area is 148 Å². The Hall–Kier alpha value is -2.77. The van der Waals surface area contributed by atoms with Gasteiger partial charge >= 0.3 is 6.18 Å². The molecule has 0 aliphatic heterocycles. The second-order valence-corrected chi connectivity index (χ2v) is 5.60. The third-order valence-electron chi connectivity index (χ3n) is 3.49. The quantitative estimate of drug-likeness (QED) is 0.704. The zero-order valence-electron chi connectivity index (χ0n) is 13.9. The first-order valence-electron chi connectivity index (χ1n) is 8.06. The van der Waals surface area contributed by atoms with Gasteiger partial charge in [-0.1, -0.05) is 36.4 Å². The van der Waals surface area contributed by atoms with Gasteiger partial charge in [-0.25, -0.2) is 0 Å². The van der Waals surface area contributed by atoms with Gasteiger partial charge in [0.15, 0.2) is 0 Å². The van der Waals surface area contributed by atoms with Gasteiger partial charge < -0.3 is 15.4 Å². The fourth-order valence-electron chi connectivity index (χ4n) is 2.26. The number of nitrogens with one attached hydrogen (secondary N) is 2. The lowest BCUT2D eigenvalue weighted by Gasteiger charge is -2.10. The molecule has 2 aromatic carbocycles. The summed E-state index contributed by atoms with van der Waals surface area (Å²) in [6, 6.07) is 13.4. The molecule has 0 spiro atoms. The molecule has 0 fully saturated rings. The van der Waals surface area contributed by atoms with Crippen molar-refractivity contribution < 1.29 is 27.5 Å². The van der Waals surface area contributed by atoms with Crippen LogP contribution in [0, 0.1) is 0 Å². The van der Waals surface area contributed by atoms with Gasteiger partial charge in [0, 0.05) is 11.8 Å². The average Bonchev–Trinajstić information content (AvgIpc) is 2.61. The number of ether oxygens (including phenoxy) is 1. The molecule has 0 aromatic heterocycles. The summed E-state index contributed by atoms with van der Waals surface area (Å²) in [5.41, 5.74) is 0. The van der Waals surface area contributed by atoms with E-state index in [-0.39, 0.29) is 6.42 Å². The van der Waals surface area contributed by atoms with Gasteiger partial charge in [0.05, 0.1) is 13.2 Å². The first-order valence-corrected chi connectivity index (χ1v) is 8.06. The summed E-state index contributed by atoms with van der Waals surface area (Å²) in [6.45, 7) is -1.60. The fraction of sp³-hybridized carbons (Fsp3) is 0.333. The second kappa shape index (κ2) is 9.07. The van der Waals surface area contributed by atoms with Crippen LogP contribution >= 0.6 is 0 Å². The largest absolute Gasteiger partial charge is 0.493 e. The highest BCUT2D eigenvalue weighted by Gasteiger charge is 2.27. The Bertz CT molecular complexity index is 757. The summed E-state index contributed by atoms with van der Waals surface area (Å²) in [5, 5.41) is 5.98. The van der Waals surface area contributed by atoms with Crippen molar-refractivity contribution in [3.8, 4) is 5.75 Å². The number of amides is 2. The van der Waals surface area contributed by atoms with Gasteiger partial charge in [-0.3, -0.25) is 9.59 Å². The number of hydrogen-bond acceptors (Lipinski definition) is 3. The van der Waals surface area contributed by atoms with Crippen molar-refractivity contribution >= 4 is 22.6 Å². The maximum absolute atomic E-state index is 11.9. The smallest absolute Gasteiger partial charge is 0.405 e. The van der Waals surface area contributed by atoms with E-state index in [1.54, 1.807) is 5.32 Å². The summed E-state index contributed by atoms with van der Waals surface area (Å²) in [5.74, 6) is -0.591. The molecule has 0 bridgehead atoms. The van der Waals surface area contributed by atoms with Crippen LogP contribution in [-0.4, -0.2) is 37.7 Å². The van der Waals surface area contributed by atoms with Crippen LogP contribution in [0.25, 0.3) is 10.8 Å². The van der Waals surface area contributed by atoms with Crippen LogP contribution in [0.4, 0.5) is 13.2 Å². The summed E-state index contributed by atoms with van der Waals surface area (Å²) >= 11 is 0. The van der Waals surface area contributed by atoms with E-state index < -0.39 is 31.1 Å². The molecule has 5 nitrogen and oxygen atoms in total. The summed E-state index contributed by atoms with van der Waals surface area (Å²) in [7, 11) is 0. The van der Waals surface area contributed by atoms with Crippen LogP contribution < -0.4 is 15.4 Å². The molecule has 0 heterocycles. The molecule has 0 saturated carbocycles. The van der Waals surface area contributed by atoms with Gasteiger partial charge in [0.1, 0.15) is 12.3 Å². The van der Waals surface area contributed by atoms with Crippen molar-refractivity contribution in [2.75, 3.05) is 19.7 Å². The molecule has 140 valence electrons. The molecule has 0 atom stereocenters. The maximum Gasteiger partial charge on any atom is 0.405 e. The van der Waals surface area contributed by atoms with Gasteiger partial charge in [-0.2, -0.15) is 13.2 Å². The van der Waals surface area contributed by atoms with E-state index in [9.17, 15) is 22.8 Å². The molecule has 2 N–H and O–H groups in total. The first-order chi connectivity index (χ1) is 12.3. The topological polar surface area (TPSA) is 67.4 Å². The monoisotopic (exact) mass is 368 g/mol. The van der Waals surface area contributed by atoms with Crippen LogP contribution in [0.3, 0.4) is 0 Å². The van der Waals surface area contributed by atoms with Gasteiger partial charge in [0.2, 0.25) is 11.8 Å². The Morgan fingerprint density at radius 3 is 2.46 bits per heavy atom. The van der Waals surface area contributed by atoms with E-state index in [2.05, 4.69) is 5.32 Å². The SMILES string of the molecule is O=C(CCCOc1cccc2ccccc12)NCC(=O)NCC(F)(F)F. The number of halogens is 3. The molecular formula is C18H19F3N2O3. The van der Waals surface area contributed by atoms with E-state index >= 15 is 0 Å². The lowest BCUT2D eigenvalue weighted by Crippen LogP contribution is -2.40. The maximum atomic E-state index is 11.9. The van der Waals surface area contributed by atoms with Gasteiger partial charge in [-0.15, -0.1) is 0 Å². The molecule has 2 rings (SSSR count). The van der Waals surface area contributed by atoms with E-state index in [4.69, 9.17) is 4.74 Å². The van der Waals surface area contributed by atoms with E-state index in [0.29, 0.717) is 13.0 Å². The van der Waals surface area contributed by atoms with Gasteiger partial charge in [0.25, 0.3) is 0 Å². The third-order valence-corrected chi connectivity index (χ3v) is 3.49. The Balaban J connectivity index is 1.66. The molecule has 0 unspecified atom stereocenters. The first kappa shape index (κ1) is 19.6. The van der Waals surface area contributed by atoms with Crippen molar-refractivity contribution in [2.24, 2.45) is 0 Å². The number of alkyl halides is 3. The summed E-state index contributed by atoms with van der Waals surface area (Å²) < 4.78 is 41.5. The van der Waals surface area contributed by atoms with E-state index in [0.717, 1.165) is 16.5 Å². The Morgan fingerprint density at radius 1 is 0.962 bits per heavy atom. The normalized spacial score (nSPS) is 11.2. The number of carbonyl (C=O) groups is 2. The van der Waals surface area contributed by atoms with E-state index in [1.165, 1.54) is 0 Å². The minimum absolute atomic E-state index is 0.108. The van der Waals surface area contributed by atoms with Crippen molar-refractivity contribution in [2.45, 2.75) is 19.0 Å². The van der Waals surface area contributed by atoms with E-state index in [1.807, 2.05) is 42.5 Å². The molecule has 2 aromatic rings. The lowest BCUT2D eigenvalue weighted by atomic mass is 10.1. The van der Waals surface area contributed by atoms with Crippen LogP contribution in [0.5, 0.6) is 5.75 Å². The molecule has 0 saturated heterocycles. The van der Waals surface area contributed by atoms with Crippen LogP contribution in [0.15, 0.2) is 42.5 Å². The van der Waals surface area contributed by atoms with Crippen molar-refractivity contribution in [1.29, 1.82) is 0 Å². The number of carbonyl (C=O) groups excluding carboxylic acids is 2. The highest BCUT2D eigenvalue weighted by Crippen LogP contribution is 2.25. The third kappa shape index (κ3) is 6.62. The standard InChI is InChI=1S/C18H19F3N2O3/c19-18(20,21)12-23-17(25)11-22-16(24)9-4-10-26-15-8-3-6-13-5-1-2-7-14(13)15/h1-3,5-8H,4,9-12H2,(H,22,24)(H,23,25). The van der Waals surface area contributed by atoms with Crippen LogP contribution in [0.1, 0.15) is 12.8 Å². The molecule has 2 amide bonds. The van der Waals surface area contributed by atoms with Crippen molar-refractivity contribution in [1.82, 2.24) is 10.6 Å². The molecular weight excluding hydrogens is 349 g/mol. The number of fused-ring (bicyclic) bond motifs is 1. The summed E-state index contributed by atoms with van der Waals surface area (Å²) in [4.78, 5) is 22.8. The highest BCUT2D eigenvalue weighted by molar-refractivity contribution is 5.88. The summed E-state index contributed by atoms with van der Waals surface area (Å²) in [6.07, 6.45) is -3.95. The zero-order valence-corrected chi connectivity index (χ0v) is 13.9. The molecule has 8 heteroatoms. The van der Waals surface area contributed by atoms with Crippen LogP contribution in [0.2, 0.25) is 0 Å². The fourth-order valence-corrected chi connectivity index (χ4v) is 2.26. The van der Waals surface area contributed by atoms with Crippen molar-refractivity contribution in [3.05, 3.63) is 42.5 Å². The highest BCUT2D eigenvalue weighted by atomic mass is 19.4. The van der Waals surface area contributed by atoms with Crippen LogP contribution in [-0.2, 0) is 9.59 Å². The number of rotatable bonds is 8. The lowest BCUT2D eigenvalue weighted by molar-refractivity contribution is -0.138. The Kier molecular flexibility index (Phi) is 6.82. The minimum Gasteiger partial charge on any atom is -0.493 e. The molecule has 0 aliphatic rings. The van der Waals surface area contributed by atoms with Gasteiger partial charge in [-0.05, 0) is 17.9 Å². The predicted molar refractivity (Wildman–Crippen MR) is 90.8 cm³/mol. The molecule has 0 radical (unpaired) electrons. The predicted octanol–water partition coefficient (Wildman–Crippen LogP) is 2.79. The molecule has 26 heavy (non-hydrogen) atoms.